The number of aryl methyl sites for hydroxylation is 1. The zero-order chi connectivity index (χ0) is 15.1. The Balaban J connectivity index is 2.00. The molecule has 0 saturated heterocycles. The number of rotatable bonds is 7. The molecule has 5 heteroatoms. The Morgan fingerprint density at radius 2 is 2.05 bits per heavy atom. The third-order valence-electron chi connectivity index (χ3n) is 3.19. The average Bonchev–Trinajstić information content (AvgIpc) is 2.96. The van der Waals surface area contributed by atoms with Crippen LogP contribution < -0.4 is 5.32 Å². The van der Waals surface area contributed by atoms with Crippen LogP contribution in [-0.4, -0.2) is 16.2 Å². The van der Waals surface area contributed by atoms with Crippen LogP contribution in [-0.2, 0) is 11.2 Å². The van der Waals surface area contributed by atoms with Crippen LogP contribution in [0.3, 0.4) is 0 Å². The molecule has 0 aliphatic heterocycles. The number of aromatic nitrogens is 1. The minimum Gasteiger partial charge on any atom is -0.301 e. The summed E-state index contributed by atoms with van der Waals surface area (Å²) >= 11 is 4.57. The predicted molar refractivity (Wildman–Crippen MR) is 93.2 cm³/mol. The summed E-state index contributed by atoms with van der Waals surface area (Å²) in [5.41, 5.74) is 3.37. The second kappa shape index (κ2) is 8.29. The smallest absolute Gasteiger partial charge is 0.236 e. The SMILES string of the molecule is CCCCCc1ccc(-c2csc(NC(=O)CBr)n2)cc1. The minimum atomic E-state index is -0.0813. The van der Waals surface area contributed by atoms with E-state index in [1.54, 1.807) is 0 Å². The summed E-state index contributed by atoms with van der Waals surface area (Å²) in [6.07, 6.45) is 4.91. The van der Waals surface area contributed by atoms with Gasteiger partial charge in [0.05, 0.1) is 11.0 Å². The van der Waals surface area contributed by atoms with Gasteiger partial charge >= 0.3 is 0 Å². The van der Waals surface area contributed by atoms with Crippen molar-refractivity contribution in [3.05, 3.63) is 35.2 Å². The van der Waals surface area contributed by atoms with Crippen molar-refractivity contribution in [3.63, 3.8) is 0 Å². The lowest BCUT2D eigenvalue weighted by atomic mass is 10.0. The highest BCUT2D eigenvalue weighted by molar-refractivity contribution is 9.09. The van der Waals surface area contributed by atoms with Crippen LogP contribution in [0.15, 0.2) is 29.6 Å². The minimum absolute atomic E-state index is 0.0813. The maximum atomic E-state index is 11.3. The second-order valence-electron chi connectivity index (χ2n) is 4.87. The molecular formula is C16H19BrN2OS. The van der Waals surface area contributed by atoms with E-state index in [0.29, 0.717) is 5.13 Å². The van der Waals surface area contributed by atoms with Gasteiger partial charge in [-0.15, -0.1) is 11.3 Å². The largest absolute Gasteiger partial charge is 0.301 e. The Bertz CT molecular complexity index is 580. The number of benzene rings is 1. The molecule has 0 aliphatic carbocycles. The van der Waals surface area contributed by atoms with Gasteiger partial charge in [-0.2, -0.15) is 0 Å². The summed E-state index contributed by atoms with van der Waals surface area (Å²) in [6.45, 7) is 2.22. The van der Waals surface area contributed by atoms with Crippen molar-refractivity contribution < 1.29 is 4.79 Å². The first-order chi connectivity index (χ1) is 10.2. The number of anilines is 1. The molecule has 0 spiro atoms. The van der Waals surface area contributed by atoms with Crippen molar-refractivity contribution >= 4 is 38.3 Å². The molecule has 21 heavy (non-hydrogen) atoms. The van der Waals surface area contributed by atoms with E-state index in [1.807, 2.05) is 5.38 Å². The number of halogens is 1. The molecule has 0 fully saturated rings. The third-order valence-corrected chi connectivity index (χ3v) is 4.46. The van der Waals surface area contributed by atoms with Crippen molar-refractivity contribution in [1.29, 1.82) is 0 Å². The predicted octanol–water partition coefficient (Wildman–Crippen LogP) is 4.88. The average molecular weight is 367 g/mol. The van der Waals surface area contributed by atoms with Crippen molar-refractivity contribution in [3.8, 4) is 11.3 Å². The topological polar surface area (TPSA) is 42.0 Å². The van der Waals surface area contributed by atoms with E-state index in [2.05, 4.69) is 57.4 Å². The number of unbranched alkanes of at least 4 members (excludes halogenated alkanes) is 2. The molecule has 0 radical (unpaired) electrons. The Morgan fingerprint density at radius 1 is 1.29 bits per heavy atom. The molecular weight excluding hydrogens is 348 g/mol. The van der Waals surface area contributed by atoms with Crippen molar-refractivity contribution in [1.82, 2.24) is 4.98 Å². The van der Waals surface area contributed by atoms with Crippen LogP contribution in [0, 0.1) is 0 Å². The number of nitrogens with one attached hydrogen (secondary N) is 1. The maximum Gasteiger partial charge on any atom is 0.236 e. The van der Waals surface area contributed by atoms with E-state index in [9.17, 15) is 4.79 Å². The molecule has 2 rings (SSSR count). The van der Waals surface area contributed by atoms with E-state index < -0.39 is 0 Å². The standard InChI is InChI=1S/C16H19BrN2OS/c1-2-3-4-5-12-6-8-13(9-7-12)14-11-21-16(18-14)19-15(20)10-17/h6-9,11H,2-5,10H2,1H3,(H,18,19,20). The molecule has 112 valence electrons. The second-order valence-corrected chi connectivity index (χ2v) is 6.29. The molecule has 1 aromatic carbocycles. The number of hydrogen-bond donors (Lipinski definition) is 1. The van der Waals surface area contributed by atoms with Crippen LogP contribution in [0.4, 0.5) is 5.13 Å². The molecule has 0 unspecified atom stereocenters. The van der Waals surface area contributed by atoms with Gasteiger partial charge in [0.25, 0.3) is 0 Å². The Labute approximate surface area is 137 Å². The first-order valence-electron chi connectivity index (χ1n) is 7.13. The van der Waals surface area contributed by atoms with Crippen molar-refractivity contribution in [2.45, 2.75) is 32.6 Å². The number of thiazole rings is 1. The van der Waals surface area contributed by atoms with Gasteiger partial charge in [-0.1, -0.05) is 60.0 Å². The number of nitrogens with zero attached hydrogens (tertiary/aromatic N) is 1. The fraction of sp³-hybridized carbons (Fsp3) is 0.375. The number of carbonyl (C=O) groups is 1. The molecule has 0 aliphatic rings. The lowest BCUT2D eigenvalue weighted by Crippen LogP contribution is -2.11. The maximum absolute atomic E-state index is 11.3. The summed E-state index contributed by atoms with van der Waals surface area (Å²) in [5.74, 6) is -0.0813. The van der Waals surface area contributed by atoms with Crippen molar-refractivity contribution in [2.24, 2.45) is 0 Å². The molecule has 0 atom stereocenters. The highest BCUT2D eigenvalue weighted by Crippen LogP contribution is 2.25. The first-order valence-corrected chi connectivity index (χ1v) is 9.13. The Kier molecular flexibility index (Phi) is 6.39. The highest BCUT2D eigenvalue weighted by atomic mass is 79.9. The van der Waals surface area contributed by atoms with E-state index in [4.69, 9.17) is 0 Å². The molecule has 1 aromatic heterocycles. The van der Waals surface area contributed by atoms with Crippen molar-refractivity contribution in [2.75, 3.05) is 10.6 Å². The summed E-state index contributed by atoms with van der Waals surface area (Å²) < 4.78 is 0. The van der Waals surface area contributed by atoms with E-state index >= 15 is 0 Å². The van der Waals surface area contributed by atoms with E-state index in [0.717, 1.165) is 17.7 Å². The van der Waals surface area contributed by atoms with Crippen LogP contribution in [0.2, 0.25) is 0 Å². The summed E-state index contributed by atoms with van der Waals surface area (Å²) in [7, 11) is 0. The van der Waals surface area contributed by atoms with Crippen LogP contribution in [0.1, 0.15) is 31.7 Å². The zero-order valence-electron chi connectivity index (χ0n) is 12.1. The monoisotopic (exact) mass is 366 g/mol. The zero-order valence-corrected chi connectivity index (χ0v) is 14.5. The fourth-order valence-corrected chi connectivity index (χ4v) is 2.91. The van der Waals surface area contributed by atoms with Gasteiger partial charge in [0.15, 0.2) is 5.13 Å². The summed E-state index contributed by atoms with van der Waals surface area (Å²) in [6, 6.07) is 8.54. The van der Waals surface area contributed by atoms with Gasteiger partial charge in [0.1, 0.15) is 0 Å². The third kappa shape index (κ3) is 4.93. The fourth-order valence-electron chi connectivity index (χ4n) is 2.04. The molecule has 0 saturated carbocycles. The molecule has 0 bridgehead atoms. The summed E-state index contributed by atoms with van der Waals surface area (Å²) in [4.78, 5) is 15.7. The number of hydrogen-bond acceptors (Lipinski definition) is 3. The molecule has 1 heterocycles. The van der Waals surface area contributed by atoms with E-state index in [-0.39, 0.29) is 11.2 Å². The number of alkyl halides is 1. The van der Waals surface area contributed by atoms with Gasteiger partial charge in [0.2, 0.25) is 5.91 Å². The Hall–Kier alpha value is -1.20. The molecule has 3 nitrogen and oxygen atoms in total. The van der Waals surface area contributed by atoms with Crippen LogP contribution >= 0.6 is 27.3 Å². The molecule has 2 aromatic rings. The van der Waals surface area contributed by atoms with Gasteiger partial charge < -0.3 is 5.32 Å². The van der Waals surface area contributed by atoms with Gasteiger partial charge in [-0.05, 0) is 18.4 Å². The lowest BCUT2D eigenvalue weighted by molar-refractivity contribution is -0.113. The van der Waals surface area contributed by atoms with Crippen LogP contribution in [0.25, 0.3) is 11.3 Å². The number of carbonyl (C=O) groups excluding carboxylic acids is 1. The Morgan fingerprint density at radius 3 is 2.71 bits per heavy atom. The molecule has 1 N–H and O–H groups in total. The summed E-state index contributed by atoms with van der Waals surface area (Å²) in [5, 5.41) is 5.64. The quantitative estimate of drug-likeness (QED) is 0.560. The lowest BCUT2D eigenvalue weighted by Gasteiger charge is -2.02. The molecule has 1 amide bonds. The van der Waals surface area contributed by atoms with Crippen LogP contribution in [0.5, 0.6) is 0 Å². The van der Waals surface area contributed by atoms with Gasteiger partial charge in [0, 0.05) is 10.9 Å². The number of amides is 1. The highest BCUT2D eigenvalue weighted by Gasteiger charge is 2.07. The normalized spacial score (nSPS) is 10.6. The van der Waals surface area contributed by atoms with E-state index in [1.165, 1.54) is 36.2 Å². The van der Waals surface area contributed by atoms with Gasteiger partial charge in [-0.3, -0.25) is 4.79 Å². The van der Waals surface area contributed by atoms with Gasteiger partial charge in [-0.25, -0.2) is 4.98 Å². The first kappa shape index (κ1) is 16.2.